The number of carbonyl (C=O) groups excluding carboxylic acids is 1. The molecule has 1 atom stereocenters. The molecule has 3 aromatic rings. The second-order valence-corrected chi connectivity index (χ2v) is 8.89. The van der Waals surface area contributed by atoms with E-state index in [9.17, 15) is 13.2 Å². The standard InChI is InChI=1S/C17H18N2O4S2/c1-12(15-10-13-6-3-4-7-14(13)23-15)18-16(20)11-19(2)25(21,22)17-8-5-9-24-17/h3-10,12H,11H2,1-2H3,(H,18,20)/t12-/m1/s1. The van der Waals surface area contributed by atoms with Crippen molar-refractivity contribution in [3.05, 3.63) is 53.6 Å². The zero-order valence-corrected chi connectivity index (χ0v) is 15.4. The molecule has 0 bridgehead atoms. The van der Waals surface area contributed by atoms with E-state index in [-0.39, 0.29) is 16.8 Å². The summed E-state index contributed by atoms with van der Waals surface area (Å²) in [5.41, 5.74) is 0.746. The van der Waals surface area contributed by atoms with Gasteiger partial charge < -0.3 is 9.73 Å². The van der Waals surface area contributed by atoms with Gasteiger partial charge in [0, 0.05) is 12.4 Å². The number of fused-ring (bicyclic) bond motifs is 1. The summed E-state index contributed by atoms with van der Waals surface area (Å²) < 4.78 is 31.7. The summed E-state index contributed by atoms with van der Waals surface area (Å²) in [5.74, 6) is 0.230. The zero-order valence-electron chi connectivity index (χ0n) is 13.8. The van der Waals surface area contributed by atoms with E-state index in [1.807, 2.05) is 30.3 Å². The van der Waals surface area contributed by atoms with E-state index < -0.39 is 15.9 Å². The summed E-state index contributed by atoms with van der Waals surface area (Å²) in [6.45, 7) is 1.54. The lowest BCUT2D eigenvalue weighted by Crippen LogP contribution is -2.39. The number of benzene rings is 1. The van der Waals surface area contributed by atoms with E-state index >= 15 is 0 Å². The fourth-order valence-corrected chi connectivity index (χ4v) is 4.75. The molecule has 0 aliphatic carbocycles. The number of likely N-dealkylation sites (N-methyl/N-ethyl adjacent to an activating group) is 1. The Hall–Kier alpha value is -2.16. The molecule has 1 N–H and O–H groups in total. The van der Waals surface area contributed by atoms with Gasteiger partial charge in [-0.15, -0.1) is 11.3 Å². The second kappa shape index (κ2) is 6.99. The molecule has 8 heteroatoms. The van der Waals surface area contributed by atoms with Crippen molar-refractivity contribution in [3.63, 3.8) is 0 Å². The Morgan fingerprint density at radius 3 is 2.72 bits per heavy atom. The Bertz CT molecular complexity index is 944. The molecule has 2 aromatic heterocycles. The number of hydrogen-bond acceptors (Lipinski definition) is 5. The molecule has 25 heavy (non-hydrogen) atoms. The smallest absolute Gasteiger partial charge is 0.252 e. The first-order valence-corrected chi connectivity index (χ1v) is 9.97. The molecule has 3 rings (SSSR count). The Morgan fingerprint density at radius 1 is 1.28 bits per heavy atom. The van der Waals surface area contributed by atoms with Gasteiger partial charge in [0.2, 0.25) is 5.91 Å². The quantitative estimate of drug-likeness (QED) is 0.715. The van der Waals surface area contributed by atoms with Crippen LogP contribution < -0.4 is 5.32 Å². The highest BCUT2D eigenvalue weighted by Crippen LogP contribution is 2.24. The maximum Gasteiger partial charge on any atom is 0.252 e. The van der Waals surface area contributed by atoms with Crippen LogP contribution >= 0.6 is 11.3 Å². The van der Waals surface area contributed by atoms with Gasteiger partial charge in [0.25, 0.3) is 10.0 Å². The highest BCUT2D eigenvalue weighted by atomic mass is 32.2. The Kier molecular flexibility index (Phi) is 4.94. The van der Waals surface area contributed by atoms with Crippen LogP contribution in [-0.4, -0.2) is 32.2 Å². The summed E-state index contributed by atoms with van der Waals surface area (Å²) in [7, 11) is -2.25. The highest BCUT2D eigenvalue weighted by molar-refractivity contribution is 7.91. The van der Waals surface area contributed by atoms with E-state index in [2.05, 4.69) is 5.32 Å². The van der Waals surface area contributed by atoms with Crippen LogP contribution in [0.1, 0.15) is 18.7 Å². The number of amides is 1. The molecule has 0 saturated carbocycles. The molecule has 0 radical (unpaired) electrons. The van der Waals surface area contributed by atoms with Crippen LogP contribution in [0.3, 0.4) is 0 Å². The number of thiophene rings is 1. The van der Waals surface area contributed by atoms with Crippen molar-refractivity contribution >= 4 is 38.2 Å². The van der Waals surface area contributed by atoms with Crippen LogP contribution in [0.4, 0.5) is 0 Å². The number of rotatable bonds is 6. The minimum atomic E-state index is -3.64. The molecule has 0 unspecified atom stereocenters. The monoisotopic (exact) mass is 378 g/mol. The molecule has 0 aliphatic rings. The number of para-hydroxylation sites is 1. The number of hydrogen-bond donors (Lipinski definition) is 1. The van der Waals surface area contributed by atoms with E-state index in [1.165, 1.54) is 13.1 Å². The minimum absolute atomic E-state index is 0.216. The number of furan rings is 1. The van der Waals surface area contributed by atoms with E-state index in [1.54, 1.807) is 18.4 Å². The topological polar surface area (TPSA) is 79.6 Å². The van der Waals surface area contributed by atoms with Gasteiger partial charge in [0.15, 0.2) is 0 Å². The van der Waals surface area contributed by atoms with Gasteiger partial charge in [0.1, 0.15) is 15.6 Å². The first-order valence-electron chi connectivity index (χ1n) is 7.65. The normalized spacial score (nSPS) is 13.2. The fourth-order valence-electron chi connectivity index (χ4n) is 2.43. The maximum atomic E-state index is 12.3. The average Bonchev–Trinajstić information content (AvgIpc) is 3.24. The molecule has 1 aromatic carbocycles. The molecular weight excluding hydrogens is 360 g/mol. The lowest BCUT2D eigenvalue weighted by molar-refractivity contribution is -0.121. The van der Waals surface area contributed by atoms with Gasteiger partial charge in [-0.1, -0.05) is 24.3 Å². The highest BCUT2D eigenvalue weighted by Gasteiger charge is 2.24. The molecule has 0 aliphatic heterocycles. The van der Waals surface area contributed by atoms with Crippen molar-refractivity contribution in [2.24, 2.45) is 0 Å². The Balaban J connectivity index is 1.65. The molecule has 0 fully saturated rings. The van der Waals surface area contributed by atoms with Gasteiger partial charge in [-0.05, 0) is 30.5 Å². The van der Waals surface area contributed by atoms with E-state index in [0.29, 0.717) is 5.76 Å². The summed E-state index contributed by atoms with van der Waals surface area (Å²) in [4.78, 5) is 12.2. The molecule has 6 nitrogen and oxygen atoms in total. The van der Waals surface area contributed by atoms with Crippen molar-refractivity contribution in [2.45, 2.75) is 17.2 Å². The SMILES string of the molecule is C[C@@H](NC(=O)CN(C)S(=O)(=O)c1cccs1)c1cc2ccccc2o1. The molecule has 0 spiro atoms. The van der Waals surface area contributed by atoms with Gasteiger partial charge >= 0.3 is 0 Å². The van der Waals surface area contributed by atoms with Crippen LogP contribution in [-0.2, 0) is 14.8 Å². The first kappa shape index (κ1) is 17.7. The summed E-state index contributed by atoms with van der Waals surface area (Å²) in [6.07, 6.45) is 0. The number of carbonyl (C=O) groups is 1. The summed E-state index contributed by atoms with van der Waals surface area (Å²) >= 11 is 1.12. The Labute approximate surface area is 150 Å². The number of sulfonamides is 1. The van der Waals surface area contributed by atoms with Crippen LogP contribution in [0.5, 0.6) is 0 Å². The van der Waals surface area contributed by atoms with Gasteiger partial charge in [-0.3, -0.25) is 4.79 Å². The van der Waals surface area contributed by atoms with Crippen LogP contribution in [0.15, 0.2) is 56.5 Å². The van der Waals surface area contributed by atoms with Gasteiger partial charge in [0.05, 0.1) is 12.6 Å². The maximum absolute atomic E-state index is 12.3. The van der Waals surface area contributed by atoms with E-state index in [4.69, 9.17) is 4.42 Å². The molecule has 0 saturated heterocycles. The zero-order chi connectivity index (χ0) is 18.0. The largest absolute Gasteiger partial charge is 0.459 e. The third-order valence-corrected chi connectivity index (χ3v) is 6.95. The van der Waals surface area contributed by atoms with Crippen molar-refractivity contribution in [1.82, 2.24) is 9.62 Å². The van der Waals surface area contributed by atoms with Gasteiger partial charge in [-0.25, -0.2) is 8.42 Å². The molecule has 1 amide bonds. The number of nitrogens with zero attached hydrogens (tertiary/aromatic N) is 1. The van der Waals surface area contributed by atoms with Crippen molar-refractivity contribution in [1.29, 1.82) is 0 Å². The predicted octanol–water partition coefficient (Wildman–Crippen LogP) is 2.99. The second-order valence-electron chi connectivity index (χ2n) is 5.67. The predicted molar refractivity (Wildman–Crippen MR) is 96.9 cm³/mol. The van der Waals surface area contributed by atoms with Gasteiger partial charge in [-0.2, -0.15) is 4.31 Å². The molecule has 132 valence electrons. The summed E-state index contributed by atoms with van der Waals surface area (Å²) in [5, 5.41) is 5.41. The van der Waals surface area contributed by atoms with Crippen molar-refractivity contribution < 1.29 is 17.6 Å². The minimum Gasteiger partial charge on any atom is -0.459 e. The Morgan fingerprint density at radius 2 is 2.04 bits per heavy atom. The van der Waals surface area contributed by atoms with Crippen LogP contribution in [0, 0.1) is 0 Å². The average molecular weight is 378 g/mol. The third kappa shape index (κ3) is 3.76. The number of nitrogens with one attached hydrogen (secondary N) is 1. The van der Waals surface area contributed by atoms with Crippen LogP contribution in [0.2, 0.25) is 0 Å². The van der Waals surface area contributed by atoms with E-state index in [0.717, 1.165) is 26.6 Å². The van der Waals surface area contributed by atoms with Crippen molar-refractivity contribution in [2.75, 3.05) is 13.6 Å². The fraction of sp³-hybridized carbons (Fsp3) is 0.235. The lowest BCUT2D eigenvalue weighted by Gasteiger charge is -2.17. The van der Waals surface area contributed by atoms with Crippen molar-refractivity contribution in [3.8, 4) is 0 Å². The summed E-state index contributed by atoms with van der Waals surface area (Å²) in [6, 6.07) is 12.3. The molecule has 2 heterocycles. The first-order chi connectivity index (χ1) is 11.9. The molecular formula is C17H18N2O4S2. The van der Waals surface area contributed by atoms with Crippen LogP contribution in [0.25, 0.3) is 11.0 Å². The third-order valence-electron chi connectivity index (χ3n) is 3.77. The lowest BCUT2D eigenvalue weighted by atomic mass is 10.2.